The van der Waals surface area contributed by atoms with E-state index >= 15 is 0 Å². The van der Waals surface area contributed by atoms with Gasteiger partial charge >= 0.3 is 0 Å². The standard InChI is InChI=1S/C8H11NO.C6H6O4S/c1-9(2)7-4-3-5-8(10)6-7;7-5-1-3-6(4-2-5)11(8,9)10/h3-6,10H,1-2H3;1-4,7H,(H,8,9,10). The van der Waals surface area contributed by atoms with E-state index in [1.165, 1.54) is 12.1 Å². The SMILES string of the molecule is CN(C)c1cccc(O)c1.O=S(=O)(O)c1ccc(O)cc1. The van der Waals surface area contributed by atoms with Crippen LogP contribution in [-0.4, -0.2) is 37.3 Å². The Kier molecular flexibility index (Phi) is 5.57. The lowest BCUT2D eigenvalue weighted by Gasteiger charge is -2.11. The molecule has 2 aromatic rings. The van der Waals surface area contributed by atoms with E-state index in [2.05, 4.69) is 0 Å². The quantitative estimate of drug-likeness (QED) is 0.735. The molecule has 114 valence electrons. The summed E-state index contributed by atoms with van der Waals surface area (Å²) in [6.45, 7) is 0. The highest BCUT2D eigenvalue weighted by molar-refractivity contribution is 7.85. The van der Waals surface area contributed by atoms with Crippen LogP contribution in [0, 0.1) is 0 Å². The van der Waals surface area contributed by atoms with Crippen molar-refractivity contribution in [3.63, 3.8) is 0 Å². The third-order valence-electron chi connectivity index (χ3n) is 2.48. The first-order chi connectivity index (χ1) is 9.70. The predicted molar refractivity (Wildman–Crippen MR) is 80.4 cm³/mol. The van der Waals surface area contributed by atoms with E-state index in [0.717, 1.165) is 17.8 Å². The fourth-order valence-electron chi connectivity index (χ4n) is 1.39. The topological polar surface area (TPSA) is 98.1 Å². The molecule has 0 heterocycles. The number of nitrogens with zero attached hydrogens (tertiary/aromatic N) is 1. The molecule has 0 bridgehead atoms. The van der Waals surface area contributed by atoms with Crippen LogP contribution in [-0.2, 0) is 10.1 Å². The molecule has 0 saturated carbocycles. The van der Waals surface area contributed by atoms with E-state index in [0.29, 0.717) is 5.75 Å². The first-order valence-corrected chi connectivity index (χ1v) is 7.37. The molecule has 0 fully saturated rings. The maximum absolute atomic E-state index is 10.4. The Balaban J connectivity index is 0.000000211. The molecule has 21 heavy (non-hydrogen) atoms. The molecule has 0 spiro atoms. The second-order valence-corrected chi connectivity index (χ2v) is 5.80. The van der Waals surface area contributed by atoms with Crippen LogP contribution >= 0.6 is 0 Å². The van der Waals surface area contributed by atoms with Crippen molar-refractivity contribution in [2.24, 2.45) is 0 Å². The summed E-state index contributed by atoms with van der Waals surface area (Å²) in [6.07, 6.45) is 0. The van der Waals surface area contributed by atoms with Gasteiger partial charge in [-0.05, 0) is 36.4 Å². The summed E-state index contributed by atoms with van der Waals surface area (Å²) >= 11 is 0. The second kappa shape index (κ2) is 6.96. The monoisotopic (exact) mass is 311 g/mol. The zero-order valence-electron chi connectivity index (χ0n) is 11.6. The number of aromatic hydroxyl groups is 2. The summed E-state index contributed by atoms with van der Waals surface area (Å²) in [5, 5.41) is 17.8. The zero-order chi connectivity index (χ0) is 16.0. The smallest absolute Gasteiger partial charge is 0.294 e. The molecular formula is C14H17NO5S. The Labute approximate surface area is 123 Å². The first kappa shape index (κ1) is 16.8. The summed E-state index contributed by atoms with van der Waals surface area (Å²) in [7, 11) is -0.252. The van der Waals surface area contributed by atoms with Crippen LogP contribution in [0.15, 0.2) is 53.4 Å². The van der Waals surface area contributed by atoms with Gasteiger partial charge in [0.2, 0.25) is 0 Å². The van der Waals surface area contributed by atoms with Crippen LogP contribution < -0.4 is 4.90 Å². The molecular weight excluding hydrogens is 294 g/mol. The number of phenolic OH excluding ortho intramolecular Hbond substituents is 2. The highest BCUT2D eigenvalue weighted by Gasteiger charge is 2.07. The Hall–Kier alpha value is -2.25. The molecule has 0 unspecified atom stereocenters. The van der Waals surface area contributed by atoms with Crippen LogP contribution in [0.25, 0.3) is 0 Å². The lowest BCUT2D eigenvalue weighted by Crippen LogP contribution is -2.07. The number of phenols is 2. The van der Waals surface area contributed by atoms with Gasteiger partial charge in [-0.2, -0.15) is 8.42 Å². The molecule has 0 amide bonds. The van der Waals surface area contributed by atoms with Crippen LogP contribution in [0.1, 0.15) is 0 Å². The van der Waals surface area contributed by atoms with E-state index in [1.54, 1.807) is 12.1 Å². The van der Waals surface area contributed by atoms with Gasteiger partial charge in [0.05, 0.1) is 4.90 Å². The lowest BCUT2D eigenvalue weighted by atomic mass is 10.3. The third-order valence-corrected chi connectivity index (χ3v) is 3.35. The van der Waals surface area contributed by atoms with E-state index < -0.39 is 10.1 Å². The minimum Gasteiger partial charge on any atom is -0.508 e. The Morgan fingerprint density at radius 1 is 0.905 bits per heavy atom. The van der Waals surface area contributed by atoms with Crippen molar-refractivity contribution in [2.45, 2.75) is 4.90 Å². The van der Waals surface area contributed by atoms with Crippen LogP contribution in [0.4, 0.5) is 5.69 Å². The molecule has 0 radical (unpaired) electrons. The minimum absolute atomic E-state index is 0.0441. The normalized spacial score (nSPS) is 10.4. The molecule has 2 aromatic carbocycles. The average Bonchev–Trinajstić information content (AvgIpc) is 2.39. The van der Waals surface area contributed by atoms with E-state index in [1.807, 2.05) is 31.1 Å². The first-order valence-electron chi connectivity index (χ1n) is 5.93. The molecule has 7 heteroatoms. The zero-order valence-corrected chi connectivity index (χ0v) is 12.4. The summed E-state index contributed by atoms with van der Waals surface area (Å²) in [6, 6.07) is 11.7. The molecule has 0 saturated heterocycles. The van der Waals surface area contributed by atoms with Gasteiger partial charge in [-0.1, -0.05) is 6.07 Å². The number of hydrogen-bond acceptors (Lipinski definition) is 5. The fraction of sp³-hybridized carbons (Fsp3) is 0.143. The predicted octanol–water partition coefficient (Wildman–Crippen LogP) is 2.10. The maximum atomic E-state index is 10.4. The number of rotatable bonds is 2. The lowest BCUT2D eigenvalue weighted by molar-refractivity contribution is 0.472. The minimum atomic E-state index is -4.13. The Morgan fingerprint density at radius 3 is 1.86 bits per heavy atom. The maximum Gasteiger partial charge on any atom is 0.294 e. The van der Waals surface area contributed by atoms with Crippen molar-refractivity contribution in [3.8, 4) is 11.5 Å². The highest BCUT2D eigenvalue weighted by Crippen LogP contribution is 2.17. The van der Waals surface area contributed by atoms with Crippen molar-refractivity contribution >= 4 is 15.8 Å². The fourth-order valence-corrected chi connectivity index (χ4v) is 1.87. The number of hydrogen-bond donors (Lipinski definition) is 3. The van der Waals surface area contributed by atoms with Crippen LogP contribution in [0.5, 0.6) is 11.5 Å². The van der Waals surface area contributed by atoms with E-state index in [4.69, 9.17) is 14.8 Å². The molecule has 0 atom stereocenters. The summed E-state index contributed by atoms with van der Waals surface area (Å²) in [4.78, 5) is 1.72. The summed E-state index contributed by atoms with van der Waals surface area (Å²) < 4.78 is 29.3. The van der Waals surface area contributed by atoms with Gasteiger partial charge < -0.3 is 15.1 Å². The molecule has 0 aromatic heterocycles. The van der Waals surface area contributed by atoms with Gasteiger partial charge in [0.1, 0.15) is 11.5 Å². The van der Waals surface area contributed by atoms with E-state index in [9.17, 15) is 8.42 Å². The van der Waals surface area contributed by atoms with Gasteiger partial charge in [-0.25, -0.2) is 0 Å². The molecule has 0 aliphatic rings. The summed E-state index contributed by atoms with van der Waals surface area (Å²) in [5.74, 6) is 0.267. The van der Waals surface area contributed by atoms with Crippen molar-refractivity contribution in [1.29, 1.82) is 0 Å². The second-order valence-electron chi connectivity index (χ2n) is 4.38. The molecule has 3 N–H and O–H groups in total. The van der Waals surface area contributed by atoms with Gasteiger partial charge in [0.15, 0.2) is 0 Å². The third kappa shape index (κ3) is 5.72. The van der Waals surface area contributed by atoms with Crippen molar-refractivity contribution in [1.82, 2.24) is 0 Å². The van der Waals surface area contributed by atoms with Gasteiger partial charge in [-0.3, -0.25) is 4.55 Å². The Bertz CT molecular complexity index is 681. The molecule has 2 rings (SSSR count). The highest BCUT2D eigenvalue weighted by atomic mass is 32.2. The van der Waals surface area contributed by atoms with E-state index in [-0.39, 0.29) is 10.6 Å². The van der Waals surface area contributed by atoms with Gasteiger partial charge in [0, 0.05) is 25.8 Å². The van der Waals surface area contributed by atoms with Crippen molar-refractivity contribution in [2.75, 3.05) is 19.0 Å². The molecule has 0 aliphatic heterocycles. The summed E-state index contributed by atoms with van der Waals surface area (Å²) in [5.41, 5.74) is 1.01. The molecule has 6 nitrogen and oxygen atoms in total. The molecule has 0 aliphatic carbocycles. The van der Waals surface area contributed by atoms with Crippen LogP contribution in [0.2, 0.25) is 0 Å². The number of anilines is 1. The Morgan fingerprint density at radius 2 is 1.48 bits per heavy atom. The van der Waals surface area contributed by atoms with Gasteiger partial charge in [-0.15, -0.1) is 0 Å². The van der Waals surface area contributed by atoms with Crippen molar-refractivity contribution < 1.29 is 23.2 Å². The number of benzene rings is 2. The van der Waals surface area contributed by atoms with Gasteiger partial charge in [0.25, 0.3) is 10.1 Å². The van der Waals surface area contributed by atoms with Crippen molar-refractivity contribution in [3.05, 3.63) is 48.5 Å². The largest absolute Gasteiger partial charge is 0.508 e. The average molecular weight is 311 g/mol. The van der Waals surface area contributed by atoms with Crippen LogP contribution in [0.3, 0.4) is 0 Å².